The fourth-order valence-corrected chi connectivity index (χ4v) is 8.84. The lowest BCUT2D eigenvalue weighted by atomic mass is 10.1. The van der Waals surface area contributed by atoms with Gasteiger partial charge in [0.15, 0.2) is 9.84 Å². The molecule has 1 atom stereocenters. The molecule has 0 aliphatic heterocycles. The van der Waals surface area contributed by atoms with Gasteiger partial charge in [-0.2, -0.15) is 55.7 Å². The Morgan fingerprint density at radius 2 is 1.21 bits per heavy atom. The molecule has 82 heavy (non-hydrogen) atoms. The molecule has 1 unspecified atom stereocenters. The maximum absolute atomic E-state index is 14.8. The first kappa shape index (κ1) is 63.2. The highest BCUT2D eigenvalue weighted by Gasteiger charge is 2.22. The molecule has 4 amide bonds. The summed E-state index contributed by atoms with van der Waals surface area (Å²) in [5, 5.41) is 27.3. The van der Waals surface area contributed by atoms with Crippen LogP contribution in [0.5, 0.6) is 0 Å². The number of urea groups is 2. The Labute approximate surface area is 464 Å². The molecule has 39 heteroatoms. The van der Waals surface area contributed by atoms with Gasteiger partial charge in [-0.25, -0.2) is 23.0 Å². The third-order valence-electron chi connectivity index (χ3n) is 10.1. The number of nitrogens with one attached hydrogen (secondary N) is 4. The Kier molecular flexibility index (Phi) is 21.2. The van der Waals surface area contributed by atoms with Crippen molar-refractivity contribution >= 4 is 126 Å². The lowest BCUT2D eigenvalue weighted by Crippen LogP contribution is -2.20. The smallest absolute Gasteiger partial charge is 0.352 e. The van der Waals surface area contributed by atoms with Crippen LogP contribution < -0.4 is 32.7 Å². The standard InChI is InChI=1S/C43H38F2N16O10S3.2O3S/c1-3-72(64,65)27-12-9-25(10-13-27)58-59-30-15-11-26(20-32(30)51-41(47)63)49-43-56-39(45)55-42(57-43)48-22(2)7-16-36-52-37(54-38(44)53-36)18-23-8-14-29(31(17-23)50-40(46)62)60-61-33-21-28-24(19-35(33)74(69,70)71)5-4-6-34(28)73(66,67)68;2*1-4(2)3/h3-6,8-15,17,19-22H,1,7,16,18H2,2H3,(H3,46,50,62)(H3,47,51,63)(H,66,67,68)(H,69,70,71)(H2,48,49,55,56,57);;. The zero-order valence-corrected chi connectivity index (χ0v) is 45.3. The van der Waals surface area contributed by atoms with Crippen molar-refractivity contribution in [1.82, 2.24) is 29.9 Å². The number of azo groups is 2. The van der Waals surface area contributed by atoms with Crippen LogP contribution >= 0.6 is 0 Å². The summed E-state index contributed by atoms with van der Waals surface area (Å²) in [6, 6.07) is 17.1. The van der Waals surface area contributed by atoms with Crippen molar-refractivity contribution in [2.45, 2.75) is 46.9 Å². The number of hydrogen-bond acceptors (Lipinski definition) is 26. The van der Waals surface area contributed by atoms with E-state index in [1.54, 1.807) is 6.92 Å². The Balaban J connectivity index is 0.00000144. The van der Waals surface area contributed by atoms with Gasteiger partial charge in [0.05, 0.1) is 22.0 Å². The average Bonchev–Trinajstić information content (AvgIpc) is 3.43. The molecule has 7 rings (SSSR count). The van der Waals surface area contributed by atoms with Crippen LogP contribution in [0.1, 0.15) is 30.6 Å². The van der Waals surface area contributed by atoms with Gasteiger partial charge in [0.1, 0.15) is 38.5 Å². The zero-order valence-electron chi connectivity index (χ0n) is 41.2. The number of primary amides is 2. The molecule has 0 aliphatic rings. The van der Waals surface area contributed by atoms with Crippen molar-refractivity contribution in [2.24, 2.45) is 31.9 Å². The number of carbonyl (C=O) groups excluding carboxylic acids is 2. The van der Waals surface area contributed by atoms with Gasteiger partial charge in [0.2, 0.25) is 11.9 Å². The lowest BCUT2D eigenvalue weighted by Gasteiger charge is -2.14. The second-order valence-electron chi connectivity index (χ2n) is 15.9. The fourth-order valence-electron chi connectivity index (χ4n) is 6.79. The van der Waals surface area contributed by atoms with E-state index in [1.807, 2.05) is 0 Å². The van der Waals surface area contributed by atoms with Crippen molar-refractivity contribution in [3.8, 4) is 0 Å². The van der Waals surface area contributed by atoms with Crippen molar-refractivity contribution in [3.63, 3.8) is 0 Å². The van der Waals surface area contributed by atoms with Gasteiger partial charge in [-0.3, -0.25) is 9.11 Å². The minimum absolute atomic E-state index is 0.00504. The molecule has 0 bridgehead atoms. The number of carbonyl (C=O) groups is 2. The Morgan fingerprint density at radius 1 is 0.659 bits per heavy atom. The molecular weight excluding hydrogens is 1190 g/mol. The number of fused-ring (bicyclic) bond motifs is 1. The van der Waals surface area contributed by atoms with E-state index in [4.69, 9.17) is 36.7 Å². The van der Waals surface area contributed by atoms with Crippen molar-refractivity contribution in [1.29, 1.82) is 0 Å². The number of aromatic nitrogens is 6. The minimum atomic E-state index is -4.97. The third kappa shape index (κ3) is 19.3. The summed E-state index contributed by atoms with van der Waals surface area (Å²) in [5.41, 5.74) is 11.2. The molecule has 430 valence electrons. The van der Waals surface area contributed by atoms with E-state index >= 15 is 0 Å². The first-order valence-electron chi connectivity index (χ1n) is 22.0. The summed E-state index contributed by atoms with van der Waals surface area (Å²) in [6.45, 7) is 4.99. The van der Waals surface area contributed by atoms with E-state index in [2.05, 4.69) is 78.2 Å². The topological polar surface area (TPSA) is 506 Å². The number of nitrogens with two attached hydrogens (primary N) is 2. The van der Waals surface area contributed by atoms with Gasteiger partial charge in [0.25, 0.3) is 20.2 Å². The number of benzene rings is 5. The van der Waals surface area contributed by atoms with Crippen LogP contribution in [0.2, 0.25) is 0 Å². The van der Waals surface area contributed by atoms with Crippen molar-refractivity contribution in [3.05, 3.63) is 132 Å². The molecule has 10 N–H and O–H groups in total. The number of sulfone groups is 1. The van der Waals surface area contributed by atoms with Crippen molar-refractivity contribution < 1.29 is 78.0 Å². The molecular formula is C43H38F2N16O16S5. The van der Waals surface area contributed by atoms with Gasteiger partial charge >= 0.3 is 45.4 Å². The number of rotatable bonds is 19. The highest BCUT2D eigenvalue weighted by molar-refractivity contribution is 7.94. The second kappa shape index (κ2) is 27.5. The van der Waals surface area contributed by atoms with Gasteiger partial charge in [-0.05, 0) is 97.1 Å². The van der Waals surface area contributed by atoms with Gasteiger partial charge in [-0.15, -0.1) is 40.6 Å². The van der Waals surface area contributed by atoms with E-state index < -0.39 is 97.0 Å². The highest BCUT2D eigenvalue weighted by Crippen LogP contribution is 2.36. The first-order valence-corrected chi connectivity index (χ1v) is 28.4. The molecule has 0 saturated heterocycles. The van der Waals surface area contributed by atoms with Crippen LogP contribution in [0.15, 0.2) is 138 Å². The van der Waals surface area contributed by atoms with Crippen LogP contribution in [-0.2, 0) is 64.1 Å². The second-order valence-corrected chi connectivity index (χ2v) is 21.4. The monoisotopic (exact) mass is 1230 g/mol. The molecule has 0 saturated carbocycles. The number of nitrogens with zero attached hydrogens (tertiary/aromatic N) is 10. The third-order valence-corrected chi connectivity index (χ3v) is 13.2. The van der Waals surface area contributed by atoms with Gasteiger partial charge in [-0.1, -0.05) is 24.8 Å². The van der Waals surface area contributed by atoms with E-state index in [1.165, 1.54) is 72.8 Å². The number of aryl methyl sites for hydroxylation is 1. The summed E-state index contributed by atoms with van der Waals surface area (Å²) in [7, 11) is -19.6. The van der Waals surface area contributed by atoms with Crippen LogP contribution in [0, 0.1) is 12.2 Å². The highest BCUT2D eigenvalue weighted by atomic mass is 32.2. The summed E-state index contributed by atoms with van der Waals surface area (Å²) >= 11 is 0. The predicted octanol–water partition coefficient (Wildman–Crippen LogP) is 5.47. The number of hydrogen-bond donors (Lipinski definition) is 8. The van der Waals surface area contributed by atoms with Crippen molar-refractivity contribution in [2.75, 3.05) is 21.3 Å². The molecule has 0 radical (unpaired) electrons. The molecule has 0 spiro atoms. The number of amides is 4. The molecule has 2 aromatic heterocycles. The van der Waals surface area contributed by atoms with Crippen LogP contribution in [0.3, 0.4) is 0 Å². The average molecular weight is 1230 g/mol. The quantitative estimate of drug-likeness (QED) is 0.0367. The Bertz CT molecular complexity index is 4250. The molecule has 5 aromatic carbocycles. The SMILES string of the molecule is C=CS(=O)(=O)c1ccc(N=Nc2ccc(Nc3nc(F)nc(NC(C)CCc4nc(F)nc(Cc5ccc(N=Nc6cc7c(S(=O)(=O)O)cccc7cc6S(=O)(=O)O)c(NC(N)=O)c5)n4)n3)cc2NC(N)=O)cc1.O=S(=O)=O.O=S(=O)=O. The largest absolute Gasteiger partial charge is 0.425 e. The van der Waals surface area contributed by atoms with Crippen LogP contribution in [-0.4, -0.2) is 108 Å². The van der Waals surface area contributed by atoms with E-state index in [0.717, 1.165) is 23.6 Å². The first-order chi connectivity index (χ1) is 38.4. The van der Waals surface area contributed by atoms with Crippen LogP contribution in [0.25, 0.3) is 10.8 Å². The summed E-state index contributed by atoms with van der Waals surface area (Å²) < 4.78 is 173. The minimum Gasteiger partial charge on any atom is -0.352 e. The molecule has 0 fully saturated rings. The van der Waals surface area contributed by atoms with Gasteiger partial charge < -0.3 is 32.7 Å². The molecule has 32 nitrogen and oxygen atoms in total. The predicted molar refractivity (Wildman–Crippen MR) is 282 cm³/mol. The maximum Gasteiger partial charge on any atom is 0.425 e. The molecule has 2 heterocycles. The maximum atomic E-state index is 14.8. The van der Waals surface area contributed by atoms with E-state index in [0.29, 0.717) is 5.56 Å². The summed E-state index contributed by atoms with van der Waals surface area (Å²) in [5.74, 6) is -0.434. The van der Waals surface area contributed by atoms with Gasteiger partial charge in [0, 0.05) is 35.4 Å². The Hall–Kier alpha value is -9.67. The lowest BCUT2D eigenvalue weighted by molar-refractivity contribution is 0.258. The summed E-state index contributed by atoms with van der Waals surface area (Å²) in [6.07, 6.45) is -2.10. The fraction of sp³-hybridized carbons (Fsp3) is 0.116. The van der Waals surface area contributed by atoms with E-state index in [9.17, 15) is 52.7 Å². The molecule has 7 aromatic rings. The molecule has 0 aliphatic carbocycles. The summed E-state index contributed by atoms with van der Waals surface area (Å²) in [4.78, 5) is 46.0. The normalized spacial score (nSPS) is 11.8. The van der Waals surface area contributed by atoms with E-state index in [-0.39, 0.29) is 92.6 Å². The zero-order chi connectivity index (χ0) is 60.7. The number of anilines is 5. The number of halogens is 2. The van der Waals surface area contributed by atoms with Crippen LogP contribution in [0.4, 0.5) is 70.1 Å². The Morgan fingerprint density at radius 3 is 1.80 bits per heavy atom.